The van der Waals surface area contributed by atoms with Crippen LogP contribution in [0.4, 0.5) is 13.2 Å². The van der Waals surface area contributed by atoms with Crippen molar-refractivity contribution in [1.82, 2.24) is 4.31 Å². The number of hydrogen-bond acceptors (Lipinski definition) is 3. The lowest BCUT2D eigenvalue weighted by Crippen LogP contribution is -2.40. The van der Waals surface area contributed by atoms with Crippen LogP contribution in [0, 0.1) is 5.92 Å². The molecule has 0 unspecified atom stereocenters. The highest BCUT2D eigenvalue weighted by Crippen LogP contribution is 2.28. The summed E-state index contributed by atoms with van der Waals surface area (Å²) in [5, 5.41) is 9.07. The van der Waals surface area contributed by atoms with Crippen LogP contribution in [0.25, 0.3) is 0 Å². The van der Waals surface area contributed by atoms with Crippen LogP contribution in [0.2, 0.25) is 0 Å². The van der Waals surface area contributed by atoms with Crippen LogP contribution in [0.15, 0.2) is 0 Å². The van der Waals surface area contributed by atoms with Crippen LogP contribution in [0.3, 0.4) is 0 Å². The van der Waals surface area contributed by atoms with Crippen molar-refractivity contribution in [2.24, 2.45) is 5.92 Å². The molecule has 0 atom stereocenters. The normalized spacial score (nSPS) is 25.2. The molecule has 0 aromatic heterocycles. The number of nitrogens with zero attached hydrogens (tertiary/aromatic N) is 1. The predicted octanol–water partition coefficient (Wildman–Crippen LogP) is 1.36. The van der Waals surface area contributed by atoms with E-state index in [0.29, 0.717) is 12.8 Å². The number of halogens is 3. The Morgan fingerprint density at radius 1 is 1.33 bits per heavy atom. The molecule has 1 aliphatic carbocycles. The second-order valence-electron chi connectivity index (χ2n) is 4.81. The summed E-state index contributed by atoms with van der Waals surface area (Å²) in [4.78, 5) is 0. The maximum absolute atomic E-state index is 11.9. The Morgan fingerprint density at radius 2 is 1.89 bits per heavy atom. The van der Waals surface area contributed by atoms with Gasteiger partial charge in [0.25, 0.3) is 0 Å². The highest BCUT2D eigenvalue weighted by Gasteiger charge is 2.32. The van der Waals surface area contributed by atoms with E-state index in [2.05, 4.69) is 0 Å². The molecule has 0 radical (unpaired) electrons. The summed E-state index contributed by atoms with van der Waals surface area (Å²) >= 11 is 0. The van der Waals surface area contributed by atoms with Gasteiger partial charge in [0.05, 0.1) is 11.9 Å². The van der Waals surface area contributed by atoms with E-state index in [9.17, 15) is 21.6 Å². The Hall–Kier alpha value is -0.340. The predicted molar refractivity (Wildman–Crippen MR) is 60.4 cm³/mol. The molecule has 18 heavy (non-hydrogen) atoms. The molecule has 1 rings (SSSR count). The molecule has 0 aliphatic heterocycles. The van der Waals surface area contributed by atoms with Crippen molar-refractivity contribution in [1.29, 1.82) is 0 Å². The van der Waals surface area contributed by atoms with E-state index in [1.165, 1.54) is 7.05 Å². The fraction of sp³-hybridized carbons (Fsp3) is 1.00. The SMILES string of the molecule is CN(CC1CC(O)C1)S(=O)(=O)CCCC(F)(F)F. The first-order valence-corrected chi connectivity index (χ1v) is 7.40. The summed E-state index contributed by atoms with van der Waals surface area (Å²) in [6.07, 6.45) is -5.06. The molecule has 0 saturated heterocycles. The van der Waals surface area contributed by atoms with Crippen LogP contribution in [0.1, 0.15) is 25.7 Å². The standard InChI is InChI=1S/C10H18F3NO3S/c1-14(7-8-5-9(15)6-8)18(16,17)4-2-3-10(11,12)13/h8-9,15H,2-7H2,1H3. The average molecular weight is 289 g/mol. The smallest absolute Gasteiger partial charge is 0.389 e. The highest BCUT2D eigenvalue weighted by molar-refractivity contribution is 7.89. The molecule has 4 nitrogen and oxygen atoms in total. The Bertz CT molecular complexity index is 363. The summed E-state index contributed by atoms with van der Waals surface area (Å²) in [6.45, 7) is 0.269. The lowest BCUT2D eigenvalue weighted by atomic mass is 9.82. The maximum Gasteiger partial charge on any atom is 0.389 e. The van der Waals surface area contributed by atoms with Gasteiger partial charge in [-0.05, 0) is 25.2 Å². The van der Waals surface area contributed by atoms with Gasteiger partial charge in [-0.15, -0.1) is 0 Å². The van der Waals surface area contributed by atoms with Crippen molar-refractivity contribution in [3.05, 3.63) is 0 Å². The van der Waals surface area contributed by atoms with Gasteiger partial charge >= 0.3 is 6.18 Å². The molecule has 0 aromatic rings. The fourth-order valence-corrected chi connectivity index (χ4v) is 3.20. The molecule has 108 valence electrons. The van der Waals surface area contributed by atoms with Crippen molar-refractivity contribution in [3.63, 3.8) is 0 Å². The fourth-order valence-electron chi connectivity index (χ4n) is 1.94. The first-order valence-electron chi connectivity index (χ1n) is 5.79. The van der Waals surface area contributed by atoms with Gasteiger partial charge in [-0.1, -0.05) is 0 Å². The van der Waals surface area contributed by atoms with E-state index in [1.807, 2.05) is 0 Å². The number of rotatable bonds is 6. The highest BCUT2D eigenvalue weighted by atomic mass is 32.2. The van der Waals surface area contributed by atoms with Crippen LogP contribution in [0.5, 0.6) is 0 Å². The Balaban J connectivity index is 2.33. The van der Waals surface area contributed by atoms with Crippen molar-refractivity contribution >= 4 is 10.0 Å². The summed E-state index contributed by atoms with van der Waals surface area (Å²) < 4.78 is 60.2. The molecular weight excluding hydrogens is 271 g/mol. The molecule has 8 heteroatoms. The quantitative estimate of drug-likeness (QED) is 0.803. The topological polar surface area (TPSA) is 57.6 Å². The number of aliphatic hydroxyl groups is 1. The molecule has 0 spiro atoms. The van der Waals surface area contributed by atoms with E-state index in [-0.39, 0.29) is 18.6 Å². The van der Waals surface area contributed by atoms with Crippen LogP contribution >= 0.6 is 0 Å². The van der Waals surface area contributed by atoms with Gasteiger partial charge in [0.2, 0.25) is 10.0 Å². The lowest BCUT2D eigenvalue weighted by Gasteiger charge is -2.34. The largest absolute Gasteiger partial charge is 0.393 e. The van der Waals surface area contributed by atoms with Crippen molar-refractivity contribution in [3.8, 4) is 0 Å². The second-order valence-corrected chi connectivity index (χ2v) is 7.00. The van der Waals surface area contributed by atoms with Crippen LogP contribution in [-0.4, -0.2) is 49.5 Å². The number of sulfonamides is 1. The summed E-state index contributed by atoms with van der Waals surface area (Å²) in [5.74, 6) is -0.374. The Labute approximate surface area is 105 Å². The van der Waals surface area contributed by atoms with E-state index in [4.69, 9.17) is 5.11 Å². The van der Waals surface area contributed by atoms with Crippen molar-refractivity contribution in [2.75, 3.05) is 19.3 Å². The Kier molecular flexibility index (Phi) is 5.02. The van der Waals surface area contributed by atoms with Crippen LogP contribution < -0.4 is 0 Å². The molecule has 0 amide bonds. The van der Waals surface area contributed by atoms with Gasteiger partial charge < -0.3 is 5.11 Å². The van der Waals surface area contributed by atoms with Gasteiger partial charge in [-0.25, -0.2) is 12.7 Å². The third-order valence-corrected chi connectivity index (χ3v) is 4.97. The first kappa shape index (κ1) is 15.7. The van der Waals surface area contributed by atoms with Gasteiger partial charge in [-0.2, -0.15) is 13.2 Å². The van der Waals surface area contributed by atoms with E-state index in [0.717, 1.165) is 4.31 Å². The summed E-state index contributed by atoms with van der Waals surface area (Å²) in [6, 6.07) is 0. The molecule has 0 bridgehead atoms. The monoisotopic (exact) mass is 289 g/mol. The van der Waals surface area contributed by atoms with Crippen molar-refractivity contribution < 1.29 is 26.7 Å². The minimum atomic E-state index is -4.31. The molecule has 0 heterocycles. The van der Waals surface area contributed by atoms with Crippen molar-refractivity contribution in [2.45, 2.75) is 38.0 Å². The molecule has 1 saturated carbocycles. The minimum absolute atomic E-state index is 0.113. The van der Waals surface area contributed by atoms with E-state index in [1.54, 1.807) is 0 Å². The van der Waals surface area contributed by atoms with Gasteiger partial charge in [0, 0.05) is 20.0 Å². The third-order valence-electron chi connectivity index (χ3n) is 3.06. The molecule has 1 N–H and O–H groups in total. The number of aliphatic hydroxyl groups excluding tert-OH is 1. The molecule has 1 aliphatic rings. The zero-order valence-electron chi connectivity index (χ0n) is 10.2. The number of alkyl halides is 3. The maximum atomic E-state index is 11.9. The molecule has 0 aromatic carbocycles. The second kappa shape index (κ2) is 5.75. The Morgan fingerprint density at radius 3 is 2.33 bits per heavy atom. The summed E-state index contributed by atoms with van der Waals surface area (Å²) in [7, 11) is -2.25. The van der Waals surface area contributed by atoms with E-state index >= 15 is 0 Å². The van der Waals surface area contributed by atoms with E-state index < -0.39 is 34.8 Å². The first-order chi connectivity index (χ1) is 8.10. The number of hydrogen-bond donors (Lipinski definition) is 1. The van der Waals surface area contributed by atoms with Crippen LogP contribution in [-0.2, 0) is 10.0 Å². The minimum Gasteiger partial charge on any atom is -0.393 e. The molecule has 1 fully saturated rings. The van der Waals surface area contributed by atoms with Gasteiger partial charge in [0.1, 0.15) is 0 Å². The van der Waals surface area contributed by atoms with Gasteiger partial charge in [-0.3, -0.25) is 0 Å². The zero-order chi connectivity index (χ0) is 14.0. The third kappa shape index (κ3) is 5.11. The average Bonchev–Trinajstić information content (AvgIpc) is 2.12. The van der Waals surface area contributed by atoms with Gasteiger partial charge in [0.15, 0.2) is 0 Å². The lowest BCUT2D eigenvalue weighted by molar-refractivity contribution is -0.134. The summed E-state index contributed by atoms with van der Waals surface area (Å²) in [5.41, 5.74) is 0. The molecular formula is C10H18F3NO3S. The zero-order valence-corrected chi connectivity index (χ0v) is 11.0.